The molecule has 2 aromatic carbocycles. The van der Waals surface area contributed by atoms with Crippen LogP contribution in [0, 0.1) is 17.1 Å². The number of hydrogen-bond acceptors (Lipinski definition) is 3. The van der Waals surface area contributed by atoms with Crippen molar-refractivity contribution >= 4 is 16.0 Å². The van der Waals surface area contributed by atoms with E-state index in [0.717, 1.165) is 16.4 Å². The highest BCUT2D eigenvalue weighted by atomic mass is 32.2. The first-order chi connectivity index (χ1) is 9.90. The van der Waals surface area contributed by atoms with E-state index in [9.17, 15) is 17.4 Å². The van der Waals surface area contributed by atoms with Crippen molar-refractivity contribution in [2.75, 3.05) is 4.31 Å². The van der Waals surface area contributed by atoms with Gasteiger partial charge in [-0.15, -0.1) is 0 Å². The van der Waals surface area contributed by atoms with E-state index in [1.807, 2.05) is 6.07 Å². The van der Waals surface area contributed by atoms with Gasteiger partial charge >= 0.3 is 10.3 Å². The van der Waals surface area contributed by atoms with Crippen molar-refractivity contribution in [2.45, 2.75) is 6.54 Å². The molecule has 0 aliphatic heterocycles. The molecule has 0 unspecified atom stereocenters. The van der Waals surface area contributed by atoms with Crippen molar-refractivity contribution < 1.29 is 17.4 Å². The maximum absolute atomic E-state index is 12.9. The molecule has 0 aromatic heterocycles. The molecule has 0 amide bonds. The molecule has 0 saturated heterocycles. The molecule has 1 N–H and O–H groups in total. The highest BCUT2D eigenvalue weighted by Gasteiger charge is 2.20. The van der Waals surface area contributed by atoms with Gasteiger partial charge in [-0.1, -0.05) is 12.1 Å². The normalized spacial score (nSPS) is 10.9. The molecule has 0 saturated carbocycles. The van der Waals surface area contributed by atoms with Crippen molar-refractivity contribution in [1.29, 1.82) is 5.26 Å². The lowest BCUT2D eigenvalue weighted by Gasteiger charge is -2.21. The molecule has 0 aliphatic rings. The Morgan fingerprint density at radius 1 is 1.10 bits per heavy atom. The quantitative estimate of drug-likeness (QED) is 0.880. The minimum Gasteiger partial charge on any atom is -0.269 e. The van der Waals surface area contributed by atoms with Crippen molar-refractivity contribution in [3.63, 3.8) is 0 Å². The number of anilines is 1. The summed E-state index contributed by atoms with van der Waals surface area (Å²) in [7, 11) is -4.50. The number of halogens is 1. The van der Waals surface area contributed by atoms with E-state index >= 15 is 0 Å². The van der Waals surface area contributed by atoms with Gasteiger partial charge in [-0.2, -0.15) is 13.7 Å². The summed E-state index contributed by atoms with van der Waals surface area (Å²) in [5.74, 6) is -0.507. The highest BCUT2D eigenvalue weighted by Crippen LogP contribution is 2.21. The molecule has 108 valence electrons. The molecule has 21 heavy (non-hydrogen) atoms. The van der Waals surface area contributed by atoms with Crippen LogP contribution in [0.5, 0.6) is 0 Å². The first-order valence-corrected chi connectivity index (χ1v) is 7.29. The maximum Gasteiger partial charge on any atom is 0.360 e. The zero-order valence-electron chi connectivity index (χ0n) is 10.8. The van der Waals surface area contributed by atoms with E-state index in [2.05, 4.69) is 0 Å². The Hall–Kier alpha value is -2.43. The number of rotatable bonds is 4. The van der Waals surface area contributed by atoms with Crippen molar-refractivity contribution in [3.8, 4) is 6.07 Å². The van der Waals surface area contributed by atoms with Crippen LogP contribution in [0.25, 0.3) is 0 Å². The van der Waals surface area contributed by atoms with Gasteiger partial charge in [0, 0.05) is 0 Å². The Balaban J connectivity index is 2.33. The second-order valence-corrected chi connectivity index (χ2v) is 5.61. The predicted molar refractivity (Wildman–Crippen MR) is 75.3 cm³/mol. The molecule has 0 radical (unpaired) electrons. The van der Waals surface area contributed by atoms with Gasteiger partial charge in [0.15, 0.2) is 0 Å². The van der Waals surface area contributed by atoms with Gasteiger partial charge in [0.25, 0.3) is 0 Å². The molecule has 0 bridgehead atoms. The summed E-state index contributed by atoms with van der Waals surface area (Å²) in [6, 6.07) is 12.9. The van der Waals surface area contributed by atoms with Crippen LogP contribution in [0.1, 0.15) is 11.1 Å². The second kappa shape index (κ2) is 5.91. The van der Waals surface area contributed by atoms with Crippen LogP contribution in [-0.2, 0) is 16.8 Å². The van der Waals surface area contributed by atoms with Gasteiger partial charge in [-0.25, -0.2) is 8.70 Å². The Kier molecular flexibility index (Phi) is 4.21. The van der Waals surface area contributed by atoms with Gasteiger partial charge < -0.3 is 0 Å². The molecule has 7 heteroatoms. The summed E-state index contributed by atoms with van der Waals surface area (Å²) in [6.45, 7) is -0.129. The predicted octanol–water partition coefficient (Wildman–Crippen LogP) is 2.51. The molecule has 0 atom stereocenters. The van der Waals surface area contributed by atoms with E-state index in [4.69, 9.17) is 5.26 Å². The van der Waals surface area contributed by atoms with Crippen LogP contribution in [0.3, 0.4) is 0 Å². The fraction of sp³-hybridized carbons (Fsp3) is 0.0714. The zero-order valence-corrected chi connectivity index (χ0v) is 11.6. The molecule has 2 aromatic rings. The minimum atomic E-state index is -4.50. The average Bonchev–Trinajstić information content (AvgIpc) is 2.45. The third-order valence-electron chi connectivity index (χ3n) is 2.80. The molecule has 0 aliphatic carbocycles. The summed E-state index contributed by atoms with van der Waals surface area (Å²) in [5, 5.41) is 8.71. The Bertz CT molecular complexity index is 765. The molecular weight excluding hydrogens is 295 g/mol. The van der Waals surface area contributed by atoms with Crippen LogP contribution in [0.4, 0.5) is 10.1 Å². The van der Waals surface area contributed by atoms with Gasteiger partial charge in [0.2, 0.25) is 0 Å². The summed E-state index contributed by atoms with van der Waals surface area (Å²) >= 11 is 0. The summed E-state index contributed by atoms with van der Waals surface area (Å²) < 4.78 is 45.9. The van der Waals surface area contributed by atoms with Crippen LogP contribution in [0.15, 0.2) is 48.5 Å². The lowest BCUT2D eigenvalue weighted by Crippen LogP contribution is -2.29. The molecule has 0 spiro atoms. The standard InChI is InChI=1S/C14H11FN2O3S/c15-13-5-7-14(8-6-13)17(21(18,19)20)10-12-3-1-11(9-16)2-4-12/h1-8H,10H2,(H,18,19,20). The molecule has 0 heterocycles. The summed E-state index contributed by atoms with van der Waals surface area (Å²) in [5.41, 5.74) is 1.16. The monoisotopic (exact) mass is 306 g/mol. The molecular formula is C14H11FN2O3S. The fourth-order valence-electron chi connectivity index (χ4n) is 1.76. The first kappa shape index (κ1) is 15.0. The van der Waals surface area contributed by atoms with Crippen molar-refractivity contribution in [2.24, 2.45) is 0 Å². The highest BCUT2D eigenvalue weighted by molar-refractivity contribution is 7.87. The van der Waals surface area contributed by atoms with Crippen LogP contribution >= 0.6 is 0 Å². The Labute approximate surface area is 121 Å². The van der Waals surface area contributed by atoms with E-state index in [0.29, 0.717) is 11.1 Å². The number of benzene rings is 2. The van der Waals surface area contributed by atoms with Gasteiger partial charge in [0.1, 0.15) is 5.82 Å². The van der Waals surface area contributed by atoms with Crippen molar-refractivity contribution in [1.82, 2.24) is 0 Å². The molecule has 0 fully saturated rings. The number of nitriles is 1. The summed E-state index contributed by atoms with van der Waals surface area (Å²) in [4.78, 5) is 0. The van der Waals surface area contributed by atoms with Crippen molar-refractivity contribution in [3.05, 3.63) is 65.5 Å². The third-order valence-corrected chi connectivity index (χ3v) is 3.70. The van der Waals surface area contributed by atoms with Crippen LogP contribution in [-0.4, -0.2) is 13.0 Å². The van der Waals surface area contributed by atoms with Gasteiger partial charge in [0.05, 0.1) is 23.9 Å². The average molecular weight is 306 g/mol. The minimum absolute atomic E-state index is 0.129. The largest absolute Gasteiger partial charge is 0.360 e. The Morgan fingerprint density at radius 3 is 2.14 bits per heavy atom. The summed E-state index contributed by atoms with van der Waals surface area (Å²) in [6.07, 6.45) is 0. The molecule has 5 nitrogen and oxygen atoms in total. The Morgan fingerprint density at radius 2 is 1.67 bits per heavy atom. The lowest BCUT2D eigenvalue weighted by atomic mass is 10.1. The SMILES string of the molecule is N#Cc1ccc(CN(c2ccc(F)cc2)S(=O)(=O)O)cc1. The topological polar surface area (TPSA) is 81.4 Å². The first-order valence-electron chi connectivity index (χ1n) is 5.90. The smallest absolute Gasteiger partial charge is 0.269 e. The zero-order chi connectivity index (χ0) is 15.5. The van der Waals surface area contributed by atoms with Crippen LogP contribution < -0.4 is 4.31 Å². The van der Waals surface area contributed by atoms with Gasteiger partial charge in [-0.3, -0.25) is 4.55 Å². The second-order valence-electron chi connectivity index (χ2n) is 4.27. The van der Waals surface area contributed by atoms with E-state index in [-0.39, 0.29) is 12.2 Å². The van der Waals surface area contributed by atoms with Crippen LogP contribution in [0.2, 0.25) is 0 Å². The number of nitrogens with zero attached hydrogens (tertiary/aromatic N) is 2. The number of hydrogen-bond donors (Lipinski definition) is 1. The van der Waals surface area contributed by atoms with Gasteiger partial charge in [-0.05, 0) is 42.0 Å². The lowest BCUT2D eigenvalue weighted by molar-refractivity contribution is 0.477. The fourth-order valence-corrected chi connectivity index (χ4v) is 2.46. The molecule has 2 rings (SSSR count). The van der Waals surface area contributed by atoms with E-state index in [1.165, 1.54) is 12.1 Å². The maximum atomic E-state index is 12.9. The van der Waals surface area contributed by atoms with E-state index < -0.39 is 16.1 Å². The van der Waals surface area contributed by atoms with E-state index in [1.54, 1.807) is 24.3 Å². The third kappa shape index (κ3) is 3.78.